The molecule has 0 bridgehead atoms. The summed E-state index contributed by atoms with van der Waals surface area (Å²) in [6.45, 7) is 12.4. The molecule has 0 aliphatic heterocycles. The van der Waals surface area contributed by atoms with Crippen molar-refractivity contribution in [2.75, 3.05) is 4.83 Å². The lowest BCUT2D eigenvalue weighted by atomic mass is 9.89. The van der Waals surface area contributed by atoms with Crippen LogP contribution in [0.4, 0.5) is 0 Å². The van der Waals surface area contributed by atoms with E-state index in [1.807, 2.05) is 94.4 Å². The van der Waals surface area contributed by atoms with E-state index < -0.39 is 10.0 Å². The first-order valence-electron chi connectivity index (χ1n) is 11.8. The van der Waals surface area contributed by atoms with Crippen LogP contribution >= 0.6 is 0 Å². The normalized spacial score (nSPS) is 12.3. The minimum atomic E-state index is -3.92. The quantitative estimate of drug-likeness (QED) is 0.313. The van der Waals surface area contributed by atoms with Crippen molar-refractivity contribution in [1.82, 2.24) is 9.89 Å². The maximum absolute atomic E-state index is 14.0. The van der Waals surface area contributed by atoms with Gasteiger partial charge in [-0.2, -0.15) is 23.1 Å². The molecule has 34 heavy (non-hydrogen) atoms. The predicted molar refractivity (Wildman–Crippen MR) is 140 cm³/mol. The number of hydrogen-bond donors (Lipinski definition) is 1. The molecule has 6 heteroatoms. The number of fused-ring (bicyclic) bond motifs is 1. The average molecular weight is 476 g/mol. The fourth-order valence-corrected chi connectivity index (χ4v) is 5.97. The second kappa shape index (κ2) is 9.26. The average Bonchev–Trinajstić information content (AvgIpc) is 3.16. The van der Waals surface area contributed by atoms with Gasteiger partial charge in [-0.05, 0) is 40.5 Å². The molecule has 0 aliphatic carbocycles. The summed E-state index contributed by atoms with van der Waals surface area (Å²) in [7, 11) is -3.92. The number of nitrogens with one attached hydrogen (secondary N) is 1. The van der Waals surface area contributed by atoms with Gasteiger partial charge in [-0.1, -0.05) is 102 Å². The molecule has 5 nitrogen and oxygen atoms in total. The van der Waals surface area contributed by atoms with Crippen molar-refractivity contribution in [3.8, 4) is 11.3 Å². The van der Waals surface area contributed by atoms with Gasteiger partial charge in [-0.15, -0.1) is 0 Å². The molecule has 0 radical (unpaired) electrons. The Morgan fingerprint density at radius 1 is 0.765 bits per heavy atom. The standard InChI is InChI=1S/C28H33N3O2S/c1-18(2)22-16-24(19(3)4)28(25(17-22)20(5)6)34(32,33)30-31-26-15-11-10-14-23(26)27(29-31)21-12-8-7-9-13-21/h7-20,30H,1-6H3. The van der Waals surface area contributed by atoms with Gasteiger partial charge in [0.05, 0.1) is 10.4 Å². The molecule has 0 unspecified atom stereocenters. The largest absolute Gasteiger partial charge is 0.277 e. The highest BCUT2D eigenvalue weighted by molar-refractivity contribution is 7.92. The van der Waals surface area contributed by atoms with Crippen molar-refractivity contribution in [2.24, 2.45) is 0 Å². The van der Waals surface area contributed by atoms with Gasteiger partial charge in [0, 0.05) is 10.9 Å². The van der Waals surface area contributed by atoms with Crippen LogP contribution in [-0.2, 0) is 10.0 Å². The molecule has 0 amide bonds. The number of rotatable bonds is 7. The second-order valence-corrected chi connectivity index (χ2v) is 11.3. The Balaban J connectivity index is 1.90. The minimum Gasteiger partial charge on any atom is -0.200 e. The Morgan fingerprint density at radius 2 is 1.32 bits per heavy atom. The van der Waals surface area contributed by atoms with Gasteiger partial charge >= 0.3 is 0 Å². The summed E-state index contributed by atoms with van der Waals surface area (Å²) >= 11 is 0. The van der Waals surface area contributed by atoms with Gasteiger partial charge in [0.1, 0.15) is 5.69 Å². The third-order valence-corrected chi connectivity index (χ3v) is 7.61. The van der Waals surface area contributed by atoms with E-state index in [4.69, 9.17) is 5.10 Å². The highest BCUT2D eigenvalue weighted by Crippen LogP contribution is 2.36. The highest BCUT2D eigenvalue weighted by atomic mass is 32.2. The molecular weight excluding hydrogens is 442 g/mol. The van der Waals surface area contributed by atoms with Gasteiger partial charge in [0.15, 0.2) is 0 Å². The first-order chi connectivity index (χ1) is 16.1. The summed E-state index contributed by atoms with van der Waals surface area (Å²) < 4.78 is 27.9. The molecule has 4 rings (SSSR count). The molecule has 0 saturated carbocycles. The van der Waals surface area contributed by atoms with Crippen LogP contribution in [0.1, 0.15) is 76.0 Å². The molecule has 0 fully saturated rings. The fourth-order valence-electron chi connectivity index (χ4n) is 4.30. The van der Waals surface area contributed by atoms with E-state index in [9.17, 15) is 8.42 Å². The van der Waals surface area contributed by atoms with Crippen LogP contribution in [0.5, 0.6) is 0 Å². The lowest BCUT2D eigenvalue weighted by Crippen LogP contribution is -2.27. The molecule has 1 N–H and O–H groups in total. The maximum atomic E-state index is 14.0. The first kappa shape index (κ1) is 24.0. The maximum Gasteiger partial charge on any atom is 0.277 e. The number of nitrogens with zero attached hydrogens (tertiary/aromatic N) is 2. The van der Waals surface area contributed by atoms with Gasteiger partial charge in [-0.3, -0.25) is 0 Å². The van der Waals surface area contributed by atoms with Crippen molar-refractivity contribution in [3.63, 3.8) is 0 Å². The van der Waals surface area contributed by atoms with Crippen molar-refractivity contribution < 1.29 is 8.42 Å². The molecule has 1 heterocycles. The topological polar surface area (TPSA) is 64.0 Å². The molecular formula is C28H33N3O2S. The zero-order valence-electron chi connectivity index (χ0n) is 20.7. The van der Waals surface area contributed by atoms with Crippen LogP contribution in [-0.4, -0.2) is 18.3 Å². The predicted octanol–water partition coefficient (Wildman–Crippen LogP) is 7.01. The van der Waals surface area contributed by atoms with E-state index in [1.54, 1.807) is 0 Å². The van der Waals surface area contributed by atoms with Crippen LogP contribution in [0, 0.1) is 0 Å². The van der Waals surface area contributed by atoms with E-state index in [0.29, 0.717) is 16.3 Å². The summed E-state index contributed by atoms with van der Waals surface area (Å²) in [5.74, 6) is 0.414. The Kier molecular flexibility index (Phi) is 6.54. The summed E-state index contributed by atoms with van der Waals surface area (Å²) in [6.07, 6.45) is 0. The molecule has 4 aromatic rings. The highest BCUT2D eigenvalue weighted by Gasteiger charge is 2.28. The van der Waals surface area contributed by atoms with Gasteiger partial charge < -0.3 is 0 Å². The van der Waals surface area contributed by atoms with Crippen molar-refractivity contribution in [1.29, 1.82) is 0 Å². The summed E-state index contributed by atoms with van der Waals surface area (Å²) in [4.78, 5) is 4.55. The third kappa shape index (κ3) is 4.47. The van der Waals surface area contributed by atoms with Crippen LogP contribution < -0.4 is 4.83 Å². The van der Waals surface area contributed by atoms with Gasteiger partial charge in [-0.25, -0.2) is 0 Å². The zero-order chi connectivity index (χ0) is 24.6. The molecule has 0 spiro atoms. The lowest BCUT2D eigenvalue weighted by Gasteiger charge is -2.23. The minimum absolute atomic E-state index is 0.0528. The zero-order valence-corrected chi connectivity index (χ0v) is 21.5. The molecule has 0 saturated heterocycles. The number of aromatic nitrogens is 2. The van der Waals surface area contributed by atoms with Crippen LogP contribution in [0.15, 0.2) is 71.6 Å². The SMILES string of the molecule is CC(C)c1cc(C(C)C)c(S(=O)(=O)Nn2nc(-c3ccccc3)c3ccccc32)c(C(C)C)c1. The van der Waals surface area contributed by atoms with Crippen molar-refractivity contribution in [2.45, 2.75) is 64.2 Å². The molecule has 178 valence electrons. The Labute approximate surface area is 202 Å². The molecule has 3 aromatic carbocycles. The molecule has 0 aliphatic rings. The third-order valence-electron chi connectivity index (χ3n) is 6.19. The monoisotopic (exact) mass is 475 g/mol. The smallest absolute Gasteiger partial charge is 0.200 e. The lowest BCUT2D eigenvalue weighted by molar-refractivity contribution is 0.587. The van der Waals surface area contributed by atoms with Crippen molar-refractivity contribution >= 4 is 20.9 Å². The van der Waals surface area contributed by atoms with Crippen LogP contribution in [0.25, 0.3) is 22.2 Å². The molecule has 1 aromatic heterocycles. The van der Waals surface area contributed by atoms with Crippen LogP contribution in [0.3, 0.4) is 0 Å². The second-order valence-electron chi connectivity index (χ2n) is 9.73. The fraction of sp³-hybridized carbons (Fsp3) is 0.321. The number of sulfonamides is 1. The van der Waals surface area contributed by atoms with E-state index in [1.165, 1.54) is 4.79 Å². The number of hydrogen-bond acceptors (Lipinski definition) is 3. The Morgan fingerprint density at radius 3 is 1.88 bits per heavy atom. The Bertz CT molecular complexity index is 1390. The van der Waals surface area contributed by atoms with E-state index in [0.717, 1.165) is 33.3 Å². The summed E-state index contributed by atoms with van der Waals surface area (Å²) in [5, 5.41) is 5.58. The first-order valence-corrected chi connectivity index (χ1v) is 13.3. The summed E-state index contributed by atoms with van der Waals surface area (Å²) in [6, 6.07) is 21.6. The number of para-hydroxylation sites is 1. The van der Waals surface area contributed by atoms with Gasteiger partial charge in [0.2, 0.25) is 0 Å². The van der Waals surface area contributed by atoms with E-state index >= 15 is 0 Å². The van der Waals surface area contributed by atoms with Gasteiger partial charge in [0.25, 0.3) is 10.0 Å². The van der Waals surface area contributed by atoms with Crippen LogP contribution in [0.2, 0.25) is 0 Å². The van der Waals surface area contributed by atoms with E-state index in [2.05, 4.69) is 18.7 Å². The number of benzene rings is 3. The summed E-state index contributed by atoms with van der Waals surface area (Å²) in [5.41, 5.74) is 5.21. The Hall–Kier alpha value is -3.12. The molecule has 0 atom stereocenters. The van der Waals surface area contributed by atoms with E-state index in [-0.39, 0.29) is 11.8 Å². The van der Waals surface area contributed by atoms with Crippen molar-refractivity contribution in [3.05, 3.63) is 83.4 Å².